The summed E-state index contributed by atoms with van der Waals surface area (Å²) in [4.78, 5) is 38.6. The number of carbonyl (C=O) groups is 2. The van der Waals surface area contributed by atoms with Crippen molar-refractivity contribution in [2.45, 2.75) is 39.7 Å². The van der Waals surface area contributed by atoms with E-state index in [1.54, 1.807) is 30.0 Å². The fourth-order valence-corrected chi connectivity index (χ4v) is 3.41. The Bertz CT molecular complexity index is 924. The zero-order valence-electron chi connectivity index (χ0n) is 16.4. The van der Waals surface area contributed by atoms with Gasteiger partial charge in [-0.15, -0.1) is 0 Å². The monoisotopic (exact) mass is 387 g/mol. The molecular formula is C21H25NO6. The highest BCUT2D eigenvalue weighted by Gasteiger charge is 2.29. The quantitative estimate of drug-likeness (QED) is 0.579. The molecule has 0 aliphatic carbocycles. The maximum atomic E-state index is 13.0. The number of piperidine rings is 1. The lowest BCUT2D eigenvalue weighted by Crippen LogP contribution is -2.41. The van der Waals surface area contributed by atoms with Gasteiger partial charge in [-0.05, 0) is 45.7 Å². The van der Waals surface area contributed by atoms with Crippen molar-refractivity contribution < 1.29 is 23.5 Å². The third kappa shape index (κ3) is 4.35. The number of fused-ring (bicyclic) bond motifs is 1. The lowest BCUT2D eigenvalue weighted by Gasteiger charge is -2.31. The zero-order valence-corrected chi connectivity index (χ0v) is 16.4. The number of hydrogen-bond acceptors (Lipinski definition) is 6. The molecule has 1 amide bonds. The number of benzene rings is 1. The molecule has 0 N–H and O–H groups in total. The molecule has 28 heavy (non-hydrogen) atoms. The smallest absolute Gasteiger partial charge is 0.337 e. The Morgan fingerprint density at radius 2 is 1.93 bits per heavy atom. The number of nitrogens with zero attached hydrogens (tertiary/aromatic N) is 1. The van der Waals surface area contributed by atoms with Crippen LogP contribution >= 0.6 is 0 Å². The Kier molecular flexibility index (Phi) is 6.02. The van der Waals surface area contributed by atoms with Crippen molar-refractivity contribution in [1.29, 1.82) is 0 Å². The fraction of sp³-hybridized carbons (Fsp3) is 0.476. The molecule has 150 valence electrons. The first kappa shape index (κ1) is 19.9. The second-order valence-electron chi connectivity index (χ2n) is 7.12. The van der Waals surface area contributed by atoms with E-state index in [0.717, 1.165) is 0 Å². The predicted molar refractivity (Wildman–Crippen MR) is 104 cm³/mol. The molecule has 1 aliphatic rings. The van der Waals surface area contributed by atoms with Crippen LogP contribution in [0.5, 0.6) is 5.75 Å². The molecule has 0 radical (unpaired) electrons. The summed E-state index contributed by atoms with van der Waals surface area (Å²) in [6.45, 7) is 6.82. The van der Waals surface area contributed by atoms with Crippen molar-refractivity contribution in [2.75, 3.05) is 19.7 Å². The van der Waals surface area contributed by atoms with Crippen LogP contribution in [0.3, 0.4) is 0 Å². The molecule has 7 heteroatoms. The highest BCUT2D eigenvalue weighted by Crippen LogP contribution is 2.26. The lowest BCUT2D eigenvalue weighted by molar-refractivity contribution is -0.149. The van der Waals surface area contributed by atoms with Gasteiger partial charge in [-0.25, -0.2) is 4.79 Å². The highest BCUT2D eigenvalue weighted by atomic mass is 16.5. The van der Waals surface area contributed by atoms with E-state index < -0.39 is 5.63 Å². The molecule has 1 aliphatic heterocycles. The van der Waals surface area contributed by atoms with Crippen molar-refractivity contribution >= 4 is 22.8 Å². The van der Waals surface area contributed by atoms with E-state index in [4.69, 9.17) is 13.9 Å². The van der Waals surface area contributed by atoms with E-state index >= 15 is 0 Å². The molecule has 1 saturated heterocycles. The molecule has 0 spiro atoms. The van der Waals surface area contributed by atoms with E-state index in [1.165, 1.54) is 6.07 Å². The van der Waals surface area contributed by atoms with E-state index in [2.05, 4.69) is 0 Å². The molecule has 3 rings (SSSR count). The predicted octanol–water partition coefficient (Wildman–Crippen LogP) is 3.00. The van der Waals surface area contributed by atoms with Crippen LogP contribution in [0, 0.1) is 5.92 Å². The summed E-state index contributed by atoms with van der Waals surface area (Å²) >= 11 is 0. The van der Waals surface area contributed by atoms with Crippen LogP contribution in [-0.4, -0.2) is 42.6 Å². The molecular weight excluding hydrogens is 362 g/mol. The van der Waals surface area contributed by atoms with Gasteiger partial charge in [0.05, 0.1) is 24.2 Å². The van der Waals surface area contributed by atoms with Gasteiger partial charge in [-0.1, -0.05) is 0 Å². The van der Waals surface area contributed by atoms with Gasteiger partial charge >= 0.3 is 11.6 Å². The van der Waals surface area contributed by atoms with Gasteiger partial charge in [-0.2, -0.15) is 0 Å². The van der Waals surface area contributed by atoms with Crippen molar-refractivity contribution in [2.24, 2.45) is 5.92 Å². The van der Waals surface area contributed by atoms with E-state index in [0.29, 0.717) is 54.8 Å². The van der Waals surface area contributed by atoms with Crippen molar-refractivity contribution in [1.82, 2.24) is 4.90 Å². The maximum absolute atomic E-state index is 13.0. The summed E-state index contributed by atoms with van der Waals surface area (Å²) in [5.41, 5.74) is 0.0336. The molecule has 1 fully saturated rings. The molecule has 1 aromatic heterocycles. The van der Waals surface area contributed by atoms with Crippen LogP contribution in [0.25, 0.3) is 11.0 Å². The van der Waals surface area contributed by atoms with Crippen molar-refractivity contribution in [3.8, 4) is 5.75 Å². The second kappa shape index (κ2) is 8.46. The number of rotatable bonds is 5. The van der Waals surface area contributed by atoms with Crippen LogP contribution in [0.4, 0.5) is 0 Å². The Hall–Kier alpha value is -2.83. The Morgan fingerprint density at radius 1 is 1.21 bits per heavy atom. The third-order valence-electron chi connectivity index (χ3n) is 4.72. The van der Waals surface area contributed by atoms with Crippen LogP contribution in [0.2, 0.25) is 0 Å². The molecule has 7 nitrogen and oxygen atoms in total. The van der Waals surface area contributed by atoms with Crippen LogP contribution < -0.4 is 10.4 Å². The number of carbonyl (C=O) groups excluding carboxylic acids is 2. The third-order valence-corrected chi connectivity index (χ3v) is 4.72. The summed E-state index contributed by atoms with van der Waals surface area (Å²) in [6.07, 6.45) is 1.09. The van der Waals surface area contributed by atoms with Crippen LogP contribution in [0.15, 0.2) is 33.5 Å². The number of ether oxygens (including phenoxy) is 2. The largest absolute Gasteiger partial charge is 0.491 e. The fourth-order valence-electron chi connectivity index (χ4n) is 3.41. The minimum Gasteiger partial charge on any atom is -0.491 e. The summed E-state index contributed by atoms with van der Waals surface area (Å²) in [5, 5.41) is 0.563. The summed E-state index contributed by atoms with van der Waals surface area (Å²) < 4.78 is 16.0. The van der Waals surface area contributed by atoms with Gasteiger partial charge in [-0.3, -0.25) is 9.59 Å². The standard InChI is InChI=1S/C21H25NO6/c1-4-26-21(25)14-7-9-22(10-8-14)20(24)17-12-19(23)28-18-11-15(27-13(2)3)5-6-16(17)18/h5-6,11-14H,4,7-10H2,1-3H3. The molecule has 0 unspecified atom stereocenters. The Balaban J connectivity index is 1.82. The van der Waals surface area contributed by atoms with Gasteiger partial charge in [0.25, 0.3) is 5.91 Å². The van der Waals surface area contributed by atoms with E-state index in [9.17, 15) is 14.4 Å². The molecule has 2 heterocycles. The van der Waals surface area contributed by atoms with Gasteiger partial charge in [0, 0.05) is 30.6 Å². The topological polar surface area (TPSA) is 86.0 Å². The van der Waals surface area contributed by atoms with Gasteiger partial charge < -0.3 is 18.8 Å². The van der Waals surface area contributed by atoms with Gasteiger partial charge in [0.2, 0.25) is 0 Å². The SMILES string of the molecule is CCOC(=O)C1CCN(C(=O)c2cc(=O)oc3cc(OC(C)C)ccc23)CC1. The highest BCUT2D eigenvalue weighted by molar-refractivity contribution is 6.05. The maximum Gasteiger partial charge on any atom is 0.337 e. The number of esters is 1. The lowest BCUT2D eigenvalue weighted by atomic mass is 9.96. The molecule has 0 bridgehead atoms. The number of amides is 1. The Labute approximate surface area is 163 Å². The summed E-state index contributed by atoms with van der Waals surface area (Å²) in [6, 6.07) is 6.34. The van der Waals surface area contributed by atoms with Crippen molar-refractivity contribution in [3.05, 3.63) is 40.2 Å². The molecule has 0 atom stereocenters. The number of likely N-dealkylation sites (tertiary alicyclic amines) is 1. The molecule has 1 aromatic carbocycles. The normalized spacial score (nSPS) is 15.1. The minimum absolute atomic E-state index is 0.0188. The molecule has 0 saturated carbocycles. The average Bonchev–Trinajstić information content (AvgIpc) is 2.66. The first-order valence-electron chi connectivity index (χ1n) is 9.59. The zero-order chi connectivity index (χ0) is 20.3. The van der Waals surface area contributed by atoms with Gasteiger partial charge in [0.1, 0.15) is 11.3 Å². The van der Waals surface area contributed by atoms with E-state index in [1.807, 2.05) is 13.8 Å². The first-order valence-corrected chi connectivity index (χ1v) is 9.59. The van der Waals surface area contributed by atoms with Gasteiger partial charge in [0.15, 0.2) is 0 Å². The minimum atomic E-state index is -0.584. The van der Waals surface area contributed by atoms with E-state index in [-0.39, 0.29) is 23.9 Å². The van der Waals surface area contributed by atoms with Crippen LogP contribution in [-0.2, 0) is 9.53 Å². The van der Waals surface area contributed by atoms with Crippen molar-refractivity contribution in [3.63, 3.8) is 0 Å². The molecule has 2 aromatic rings. The average molecular weight is 387 g/mol. The van der Waals surface area contributed by atoms with Crippen LogP contribution in [0.1, 0.15) is 44.0 Å². The second-order valence-corrected chi connectivity index (χ2v) is 7.12. The Morgan fingerprint density at radius 3 is 2.57 bits per heavy atom. The number of hydrogen-bond donors (Lipinski definition) is 0. The summed E-state index contributed by atoms with van der Waals surface area (Å²) in [7, 11) is 0. The summed E-state index contributed by atoms with van der Waals surface area (Å²) in [5.74, 6) is -0.0568. The first-order chi connectivity index (χ1) is 13.4.